The Labute approximate surface area is 129 Å². The van der Waals surface area contributed by atoms with Crippen molar-refractivity contribution in [3.8, 4) is 11.5 Å². The molecule has 0 unspecified atom stereocenters. The highest BCUT2D eigenvalue weighted by Crippen LogP contribution is 2.44. The highest BCUT2D eigenvalue weighted by Gasteiger charge is 2.40. The average Bonchev–Trinajstić information content (AvgIpc) is 3.10. The van der Waals surface area contributed by atoms with Crippen LogP contribution in [0.1, 0.15) is 20.7 Å². The first-order chi connectivity index (χ1) is 11.1. The maximum Gasteiger partial charge on any atom is 0.297 e. The minimum absolute atomic E-state index is 0.0714. The molecule has 2 aromatic carbocycles. The molecular formula is C15H8N2O6. The van der Waals surface area contributed by atoms with Crippen molar-refractivity contribution in [2.75, 3.05) is 11.7 Å². The summed E-state index contributed by atoms with van der Waals surface area (Å²) >= 11 is 0. The van der Waals surface area contributed by atoms with Crippen LogP contribution in [0.4, 0.5) is 11.4 Å². The van der Waals surface area contributed by atoms with Crippen molar-refractivity contribution >= 4 is 23.2 Å². The van der Waals surface area contributed by atoms with Gasteiger partial charge in [0.05, 0.1) is 22.1 Å². The minimum atomic E-state index is -0.666. The van der Waals surface area contributed by atoms with E-state index in [1.54, 1.807) is 12.1 Å². The Balaban J connectivity index is 1.91. The zero-order valence-electron chi connectivity index (χ0n) is 11.5. The van der Waals surface area contributed by atoms with Gasteiger partial charge in [0.15, 0.2) is 11.5 Å². The van der Waals surface area contributed by atoms with Crippen molar-refractivity contribution in [1.82, 2.24) is 0 Å². The van der Waals surface area contributed by atoms with E-state index in [0.717, 1.165) is 11.0 Å². The second-order valence-corrected chi connectivity index (χ2v) is 4.94. The molecule has 0 radical (unpaired) electrons. The van der Waals surface area contributed by atoms with Gasteiger partial charge in [0, 0.05) is 6.07 Å². The van der Waals surface area contributed by atoms with Crippen LogP contribution in [0.2, 0.25) is 0 Å². The van der Waals surface area contributed by atoms with Crippen molar-refractivity contribution in [3.05, 3.63) is 57.6 Å². The van der Waals surface area contributed by atoms with Crippen LogP contribution in [0.5, 0.6) is 11.5 Å². The van der Waals surface area contributed by atoms with Crippen molar-refractivity contribution in [1.29, 1.82) is 0 Å². The van der Waals surface area contributed by atoms with Gasteiger partial charge in [0.2, 0.25) is 6.79 Å². The van der Waals surface area contributed by atoms with E-state index in [-0.39, 0.29) is 35.1 Å². The molecule has 0 spiro atoms. The molecule has 8 nitrogen and oxygen atoms in total. The number of carbonyl (C=O) groups excluding carboxylic acids is 2. The van der Waals surface area contributed by atoms with Crippen LogP contribution in [0.3, 0.4) is 0 Å². The monoisotopic (exact) mass is 312 g/mol. The minimum Gasteiger partial charge on any atom is -0.454 e. The Kier molecular flexibility index (Phi) is 2.61. The largest absolute Gasteiger partial charge is 0.454 e. The Hall–Kier alpha value is -3.42. The van der Waals surface area contributed by atoms with Gasteiger partial charge < -0.3 is 9.47 Å². The number of nitrogens with zero attached hydrogens (tertiary/aromatic N) is 2. The fourth-order valence-electron chi connectivity index (χ4n) is 2.65. The molecule has 2 heterocycles. The van der Waals surface area contributed by atoms with Gasteiger partial charge in [-0.25, -0.2) is 4.90 Å². The lowest BCUT2D eigenvalue weighted by molar-refractivity contribution is -0.384. The quantitative estimate of drug-likeness (QED) is 0.478. The molecule has 114 valence electrons. The van der Waals surface area contributed by atoms with E-state index < -0.39 is 22.4 Å². The number of hydrogen-bond donors (Lipinski definition) is 0. The maximum atomic E-state index is 12.5. The molecule has 2 aromatic rings. The van der Waals surface area contributed by atoms with Crippen molar-refractivity contribution < 1.29 is 24.0 Å². The normalized spacial score (nSPS) is 15.0. The Morgan fingerprint density at radius 3 is 2.13 bits per heavy atom. The van der Waals surface area contributed by atoms with Crippen LogP contribution in [0.25, 0.3) is 0 Å². The average molecular weight is 312 g/mol. The van der Waals surface area contributed by atoms with Gasteiger partial charge in [-0.2, -0.15) is 0 Å². The summed E-state index contributed by atoms with van der Waals surface area (Å²) in [6.07, 6.45) is 0. The summed E-state index contributed by atoms with van der Waals surface area (Å²) in [5, 5.41) is 11.3. The van der Waals surface area contributed by atoms with Crippen molar-refractivity contribution in [3.63, 3.8) is 0 Å². The topological polar surface area (TPSA) is 99.0 Å². The fraction of sp³-hybridized carbons (Fsp3) is 0.0667. The number of nitro benzene ring substituents is 1. The van der Waals surface area contributed by atoms with Gasteiger partial charge in [0.1, 0.15) is 5.69 Å². The van der Waals surface area contributed by atoms with E-state index in [9.17, 15) is 19.7 Å². The summed E-state index contributed by atoms with van der Waals surface area (Å²) in [6, 6.07) is 8.70. The second-order valence-electron chi connectivity index (χ2n) is 4.94. The number of fused-ring (bicyclic) bond motifs is 2. The molecule has 0 saturated heterocycles. The van der Waals surface area contributed by atoms with Crippen molar-refractivity contribution in [2.45, 2.75) is 0 Å². The first-order valence-electron chi connectivity index (χ1n) is 6.64. The molecule has 0 aliphatic carbocycles. The molecule has 2 aliphatic rings. The number of imide groups is 1. The summed E-state index contributed by atoms with van der Waals surface area (Å²) in [7, 11) is 0. The van der Waals surface area contributed by atoms with E-state index >= 15 is 0 Å². The molecule has 2 aliphatic heterocycles. The van der Waals surface area contributed by atoms with E-state index in [2.05, 4.69) is 0 Å². The highest BCUT2D eigenvalue weighted by molar-refractivity contribution is 6.35. The number of benzene rings is 2. The molecule has 23 heavy (non-hydrogen) atoms. The number of nitro groups is 1. The van der Waals surface area contributed by atoms with Gasteiger partial charge in [-0.1, -0.05) is 12.1 Å². The number of ether oxygens (including phenoxy) is 2. The van der Waals surface area contributed by atoms with Crippen LogP contribution >= 0.6 is 0 Å². The van der Waals surface area contributed by atoms with E-state index in [4.69, 9.17) is 9.47 Å². The lowest BCUT2D eigenvalue weighted by Gasteiger charge is -2.14. The molecule has 0 saturated carbocycles. The van der Waals surface area contributed by atoms with Gasteiger partial charge in [-0.3, -0.25) is 19.7 Å². The van der Waals surface area contributed by atoms with E-state index in [1.165, 1.54) is 18.2 Å². The lowest BCUT2D eigenvalue weighted by Crippen LogP contribution is -2.30. The summed E-state index contributed by atoms with van der Waals surface area (Å²) in [4.78, 5) is 36.4. The third-order valence-corrected chi connectivity index (χ3v) is 3.70. The van der Waals surface area contributed by atoms with Crippen LogP contribution in [-0.2, 0) is 0 Å². The number of carbonyl (C=O) groups is 2. The van der Waals surface area contributed by atoms with Crippen molar-refractivity contribution in [2.24, 2.45) is 0 Å². The van der Waals surface area contributed by atoms with Crippen LogP contribution in [0, 0.1) is 10.1 Å². The second kappa shape index (κ2) is 4.54. The number of anilines is 1. The molecule has 0 bridgehead atoms. The predicted molar refractivity (Wildman–Crippen MR) is 76.8 cm³/mol. The van der Waals surface area contributed by atoms with Crippen LogP contribution in [-0.4, -0.2) is 23.5 Å². The SMILES string of the molecule is O=C1c2ccccc2C(=O)N1c1cc2c(cc1[N+](=O)[O-])OCO2. The highest BCUT2D eigenvalue weighted by atomic mass is 16.7. The number of amides is 2. The molecule has 0 N–H and O–H groups in total. The number of hydrogen-bond acceptors (Lipinski definition) is 6. The van der Waals surface area contributed by atoms with Crippen LogP contribution in [0.15, 0.2) is 36.4 Å². The zero-order valence-corrected chi connectivity index (χ0v) is 11.5. The maximum absolute atomic E-state index is 12.5. The van der Waals surface area contributed by atoms with E-state index in [0.29, 0.717) is 0 Å². The molecule has 4 rings (SSSR count). The molecule has 0 atom stereocenters. The molecule has 2 amide bonds. The molecular weight excluding hydrogens is 304 g/mol. The Morgan fingerprint density at radius 1 is 1.00 bits per heavy atom. The first-order valence-corrected chi connectivity index (χ1v) is 6.64. The Bertz CT molecular complexity index is 857. The number of rotatable bonds is 2. The molecule has 0 aromatic heterocycles. The summed E-state index contributed by atoms with van der Waals surface area (Å²) in [5.74, 6) is -0.751. The molecule has 8 heteroatoms. The molecule has 0 fully saturated rings. The van der Waals surface area contributed by atoms with Gasteiger partial charge in [-0.05, 0) is 12.1 Å². The summed E-state index contributed by atoms with van der Waals surface area (Å²) in [6.45, 7) is -0.0714. The van der Waals surface area contributed by atoms with Gasteiger partial charge >= 0.3 is 0 Å². The predicted octanol–water partition coefficient (Wildman–Crippen LogP) is 2.12. The third-order valence-electron chi connectivity index (χ3n) is 3.70. The van der Waals surface area contributed by atoms with E-state index in [1.807, 2.05) is 0 Å². The fourth-order valence-corrected chi connectivity index (χ4v) is 2.65. The van der Waals surface area contributed by atoms with Gasteiger partial charge in [-0.15, -0.1) is 0 Å². The standard InChI is InChI=1S/C15H8N2O6/c18-14-8-3-1-2-4-9(8)15(19)16(14)10-5-12-13(23-7-22-12)6-11(10)17(20)21/h1-6H,7H2. The third kappa shape index (κ3) is 1.78. The van der Waals surface area contributed by atoms with Gasteiger partial charge in [0.25, 0.3) is 17.5 Å². The summed E-state index contributed by atoms with van der Waals surface area (Å²) < 4.78 is 10.3. The first kappa shape index (κ1) is 13.3. The Morgan fingerprint density at radius 2 is 1.57 bits per heavy atom. The lowest BCUT2D eigenvalue weighted by atomic mass is 10.1. The van der Waals surface area contributed by atoms with Crippen LogP contribution < -0.4 is 14.4 Å². The summed E-state index contributed by atoms with van der Waals surface area (Å²) in [5.41, 5.74) is -0.108. The smallest absolute Gasteiger partial charge is 0.297 e. The zero-order chi connectivity index (χ0) is 16.1.